The summed E-state index contributed by atoms with van der Waals surface area (Å²) in [6.45, 7) is 4.72. The highest BCUT2D eigenvalue weighted by Crippen LogP contribution is 2.41. The van der Waals surface area contributed by atoms with Crippen LogP contribution in [0.25, 0.3) is 60.7 Å². The van der Waals surface area contributed by atoms with Gasteiger partial charge in [0.05, 0.1) is 27.8 Å². The molecule has 1 aliphatic heterocycles. The summed E-state index contributed by atoms with van der Waals surface area (Å²) in [5, 5.41) is 4.94. The molecule has 4 nitrogen and oxygen atoms in total. The van der Waals surface area contributed by atoms with Gasteiger partial charge in [-0.05, 0) is 49.2 Å². The van der Waals surface area contributed by atoms with Gasteiger partial charge < -0.3 is 14.0 Å². The molecule has 0 N–H and O–H groups in total. The van der Waals surface area contributed by atoms with Crippen LogP contribution in [0.4, 0.5) is 0 Å². The summed E-state index contributed by atoms with van der Waals surface area (Å²) in [4.78, 5) is 6.55. The third-order valence-electron chi connectivity index (χ3n) is 8.18. The summed E-state index contributed by atoms with van der Waals surface area (Å²) >= 11 is 0. The summed E-state index contributed by atoms with van der Waals surface area (Å²) < 4.78 is 4.83. The van der Waals surface area contributed by atoms with Crippen molar-refractivity contribution in [1.29, 1.82) is 0 Å². The number of aromatic nitrogens is 2. The maximum absolute atomic E-state index is 4.43. The van der Waals surface area contributed by atoms with E-state index in [2.05, 4.69) is 166 Å². The van der Waals surface area contributed by atoms with Crippen LogP contribution in [0.2, 0.25) is 0 Å². The fourth-order valence-electron chi connectivity index (χ4n) is 6.36. The molecule has 200 valence electrons. The van der Waals surface area contributed by atoms with Gasteiger partial charge in [-0.2, -0.15) is 0 Å². The molecule has 0 bridgehead atoms. The topological polar surface area (TPSA) is 25.5 Å². The Morgan fingerprint density at radius 3 is 1.88 bits per heavy atom. The number of aliphatic imine (C=N–C) groups is 1. The van der Waals surface area contributed by atoms with Gasteiger partial charge >= 0.3 is 0 Å². The van der Waals surface area contributed by atoms with Gasteiger partial charge in [-0.15, -0.1) is 0 Å². The largest absolute Gasteiger partial charge is 0.348 e. The Morgan fingerprint density at radius 2 is 1.24 bits per heavy atom. The number of hydrogen-bond donors (Lipinski definition) is 0. The molecule has 0 radical (unpaired) electrons. The fraction of sp³-hybridized carbons (Fsp3) is 0.0263. The lowest BCUT2D eigenvalue weighted by atomic mass is 10.1. The van der Waals surface area contributed by atoms with E-state index in [0.717, 1.165) is 29.2 Å². The molecule has 7 aromatic rings. The van der Waals surface area contributed by atoms with Crippen molar-refractivity contribution < 1.29 is 0 Å². The predicted octanol–water partition coefficient (Wildman–Crippen LogP) is 9.27. The number of para-hydroxylation sites is 3. The molecule has 0 saturated heterocycles. The van der Waals surface area contributed by atoms with Crippen LogP contribution in [0.5, 0.6) is 0 Å². The molecule has 0 spiro atoms. The number of nitrogens with zero attached hydrogens (tertiary/aromatic N) is 4. The average molecular weight is 541 g/mol. The lowest BCUT2D eigenvalue weighted by molar-refractivity contribution is 0.561. The van der Waals surface area contributed by atoms with Crippen molar-refractivity contribution in [2.75, 3.05) is 6.54 Å². The molecular formula is C38H28N4. The van der Waals surface area contributed by atoms with Gasteiger partial charge in [0.2, 0.25) is 0 Å². The van der Waals surface area contributed by atoms with Crippen LogP contribution in [0.1, 0.15) is 5.56 Å². The first-order chi connectivity index (χ1) is 20.8. The first-order valence-corrected chi connectivity index (χ1v) is 14.2. The smallest absolute Gasteiger partial charge is 0.0857 e. The number of hydrogen-bond acceptors (Lipinski definition) is 2. The van der Waals surface area contributed by atoms with Gasteiger partial charge in [0.25, 0.3) is 0 Å². The second-order valence-electron chi connectivity index (χ2n) is 10.6. The van der Waals surface area contributed by atoms with Crippen molar-refractivity contribution in [3.63, 3.8) is 0 Å². The first-order valence-electron chi connectivity index (χ1n) is 14.2. The quantitative estimate of drug-likeness (QED) is 0.200. The van der Waals surface area contributed by atoms with Crippen molar-refractivity contribution in [3.8, 4) is 11.4 Å². The van der Waals surface area contributed by atoms with Crippen molar-refractivity contribution in [2.24, 2.45) is 4.99 Å². The molecule has 0 aliphatic carbocycles. The molecule has 42 heavy (non-hydrogen) atoms. The number of rotatable bonds is 5. The Hall–Kier alpha value is -5.61. The minimum Gasteiger partial charge on any atom is -0.348 e. The zero-order valence-corrected chi connectivity index (χ0v) is 23.1. The van der Waals surface area contributed by atoms with E-state index < -0.39 is 0 Å². The second-order valence-corrected chi connectivity index (χ2v) is 10.6. The summed E-state index contributed by atoms with van der Waals surface area (Å²) in [7, 11) is 0. The van der Waals surface area contributed by atoms with Gasteiger partial charge in [0, 0.05) is 57.4 Å². The van der Waals surface area contributed by atoms with Crippen LogP contribution in [0.3, 0.4) is 0 Å². The molecule has 4 heteroatoms. The zero-order chi connectivity index (χ0) is 28.0. The minimum atomic E-state index is 0.810. The molecule has 8 rings (SSSR count). The van der Waals surface area contributed by atoms with Crippen LogP contribution < -0.4 is 0 Å². The normalized spacial score (nSPS) is 13.6. The molecule has 0 amide bonds. The Kier molecular flexibility index (Phi) is 5.64. The standard InChI is InChI=1S/C38H28N4/c1-39-34(26-40-23-10-3-11-24-40)27-13-12-16-29(25-27)42-36-20-9-7-18-31(36)33-22-21-32-30-17-6-8-19-35(30)41(37(32)38(33)42)28-14-4-2-5-15-28/h2-23,25-26H,1,24H2/b34-26-. The average Bonchev–Trinajstić information content (AvgIpc) is 3.58. The Bertz CT molecular complexity index is 2240. The number of benzene rings is 5. The maximum Gasteiger partial charge on any atom is 0.0857 e. The SMILES string of the molecule is C=N/C(=C\N1C=CC=CC1)c1cccc(-n2c3ccccc3c3ccc4c5ccccc5n(-c5ccccc5)c4c32)c1. The van der Waals surface area contributed by atoms with Gasteiger partial charge in [-0.3, -0.25) is 4.99 Å². The Morgan fingerprint density at radius 1 is 0.619 bits per heavy atom. The van der Waals surface area contributed by atoms with Gasteiger partial charge in [0.15, 0.2) is 0 Å². The van der Waals surface area contributed by atoms with E-state index in [-0.39, 0.29) is 0 Å². The van der Waals surface area contributed by atoms with E-state index in [9.17, 15) is 0 Å². The third-order valence-corrected chi connectivity index (χ3v) is 8.18. The summed E-state index contributed by atoms with van der Waals surface area (Å²) in [6, 6.07) is 41.3. The van der Waals surface area contributed by atoms with E-state index in [1.165, 1.54) is 43.6 Å². The molecule has 0 fully saturated rings. The number of allylic oxidation sites excluding steroid dienone is 2. The van der Waals surface area contributed by atoms with Crippen molar-refractivity contribution in [1.82, 2.24) is 14.0 Å². The molecule has 0 atom stereocenters. The fourth-order valence-corrected chi connectivity index (χ4v) is 6.36. The molecule has 3 heterocycles. The highest BCUT2D eigenvalue weighted by Gasteiger charge is 2.21. The third kappa shape index (κ3) is 3.73. The van der Waals surface area contributed by atoms with E-state index >= 15 is 0 Å². The van der Waals surface area contributed by atoms with E-state index in [1.807, 2.05) is 6.08 Å². The highest BCUT2D eigenvalue weighted by atomic mass is 15.1. The Balaban J connectivity index is 1.47. The van der Waals surface area contributed by atoms with Crippen LogP contribution in [0, 0.1) is 0 Å². The second kappa shape index (κ2) is 9.79. The van der Waals surface area contributed by atoms with Crippen LogP contribution >= 0.6 is 0 Å². The highest BCUT2D eigenvalue weighted by molar-refractivity contribution is 6.23. The van der Waals surface area contributed by atoms with Crippen LogP contribution in [0.15, 0.2) is 151 Å². The van der Waals surface area contributed by atoms with Gasteiger partial charge in [0.1, 0.15) is 0 Å². The van der Waals surface area contributed by atoms with Crippen molar-refractivity contribution >= 4 is 56.0 Å². The molecule has 0 saturated carbocycles. The summed E-state index contributed by atoms with van der Waals surface area (Å²) in [5.74, 6) is 0. The van der Waals surface area contributed by atoms with Crippen molar-refractivity contribution in [3.05, 3.63) is 151 Å². The van der Waals surface area contributed by atoms with Crippen molar-refractivity contribution in [2.45, 2.75) is 0 Å². The molecule has 2 aromatic heterocycles. The zero-order valence-electron chi connectivity index (χ0n) is 23.1. The predicted molar refractivity (Wildman–Crippen MR) is 178 cm³/mol. The van der Waals surface area contributed by atoms with E-state index in [1.54, 1.807) is 0 Å². The van der Waals surface area contributed by atoms with E-state index in [4.69, 9.17) is 0 Å². The first kappa shape index (κ1) is 24.2. The molecule has 5 aromatic carbocycles. The molecular weight excluding hydrogens is 512 g/mol. The monoisotopic (exact) mass is 540 g/mol. The summed E-state index contributed by atoms with van der Waals surface area (Å²) in [6.07, 6.45) is 10.3. The molecule has 1 aliphatic rings. The van der Waals surface area contributed by atoms with Gasteiger partial charge in [-0.25, -0.2) is 0 Å². The lowest BCUT2D eigenvalue weighted by Gasteiger charge is -2.17. The molecule has 0 unspecified atom stereocenters. The minimum absolute atomic E-state index is 0.810. The maximum atomic E-state index is 4.43. The van der Waals surface area contributed by atoms with Crippen LogP contribution in [-0.2, 0) is 0 Å². The Labute approximate surface area is 244 Å². The summed E-state index contributed by atoms with van der Waals surface area (Å²) in [5.41, 5.74) is 8.83. The lowest BCUT2D eigenvalue weighted by Crippen LogP contribution is -2.11. The van der Waals surface area contributed by atoms with Crippen LogP contribution in [-0.4, -0.2) is 27.3 Å². The van der Waals surface area contributed by atoms with Gasteiger partial charge in [-0.1, -0.05) is 91.0 Å². The van der Waals surface area contributed by atoms with E-state index in [0.29, 0.717) is 0 Å². The number of fused-ring (bicyclic) bond motifs is 7.